The number of pyridine rings is 1. The summed E-state index contributed by atoms with van der Waals surface area (Å²) < 4.78 is 11.3. The van der Waals surface area contributed by atoms with Crippen LogP contribution in [-0.2, 0) is 11.2 Å². The number of amides is 1. The van der Waals surface area contributed by atoms with Crippen LogP contribution in [-0.4, -0.2) is 36.4 Å². The highest BCUT2D eigenvalue weighted by molar-refractivity contribution is 6.05. The lowest BCUT2D eigenvalue weighted by Crippen LogP contribution is -2.38. The molecule has 0 aliphatic heterocycles. The van der Waals surface area contributed by atoms with E-state index in [0.29, 0.717) is 11.8 Å². The smallest absolute Gasteiger partial charge is 0.261 e. The number of carbonyl (C=O) groups is 1. The molecular formula is C26H35N3O3. The first-order chi connectivity index (χ1) is 15.4. The number of hydrogen-bond donors (Lipinski definition) is 1. The van der Waals surface area contributed by atoms with Gasteiger partial charge in [0.05, 0.1) is 18.8 Å². The maximum atomic E-state index is 12.9. The molecule has 4 rings (SSSR count). The quantitative estimate of drug-likeness (QED) is 0.605. The summed E-state index contributed by atoms with van der Waals surface area (Å²) in [6.07, 6.45) is 3.57. The number of rotatable bonds is 8. The number of hydrogen-bond acceptors (Lipinski definition) is 5. The van der Waals surface area contributed by atoms with Crippen LogP contribution in [0.3, 0.4) is 0 Å². The highest BCUT2D eigenvalue weighted by atomic mass is 16.5. The van der Waals surface area contributed by atoms with E-state index in [1.807, 2.05) is 25.1 Å². The Balaban J connectivity index is 0.00000306. The predicted octanol–water partition coefficient (Wildman–Crippen LogP) is 4.74. The van der Waals surface area contributed by atoms with E-state index in [9.17, 15) is 4.79 Å². The molecule has 1 heterocycles. The van der Waals surface area contributed by atoms with Crippen LogP contribution in [0.25, 0.3) is 0 Å². The van der Waals surface area contributed by atoms with Crippen LogP contribution in [0.15, 0.2) is 29.3 Å². The second kappa shape index (κ2) is 9.31. The summed E-state index contributed by atoms with van der Waals surface area (Å²) >= 11 is 0. The highest BCUT2D eigenvalue weighted by Crippen LogP contribution is 2.36. The van der Waals surface area contributed by atoms with Crippen molar-refractivity contribution in [1.29, 1.82) is 0 Å². The Morgan fingerprint density at radius 2 is 2.06 bits per heavy atom. The van der Waals surface area contributed by atoms with Gasteiger partial charge in [-0.25, -0.2) is 4.98 Å². The summed E-state index contributed by atoms with van der Waals surface area (Å²) in [5.74, 6) is 1.75. The van der Waals surface area contributed by atoms with E-state index >= 15 is 0 Å². The van der Waals surface area contributed by atoms with Crippen molar-refractivity contribution in [1.82, 2.24) is 10.3 Å². The third-order valence-corrected chi connectivity index (χ3v) is 6.33. The Morgan fingerprint density at radius 3 is 2.72 bits per heavy atom. The number of aromatic nitrogens is 1. The van der Waals surface area contributed by atoms with Gasteiger partial charge in [-0.15, -0.1) is 0 Å². The van der Waals surface area contributed by atoms with E-state index in [0.717, 1.165) is 47.5 Å². The van der Waals surface area contributed by atoms with E-state index in [1.165, 1.54) is 24.1 Å². The number of methoxy groups -OCH3 is 1. The van der Waals surface area contributed by atoms with Gasteiger partial charge in [0.25, 0.3) is 5.91 Å². The Labute approximate surface area is 191 Å². The van der Waals surface area contributed by atoms with Crippen molar-refractivity contribution in [2.24, 2.45) is 10.9 Å². The van der Waals surface area contributed by atoms with Gasteiger partial charge in [-0.05, 0) is 82.2 Å². The average molecular weight is 438 g/mol. The molecular weight excluding hydrogens is 402 g/mol. The first kappa shape index (κ1) is 22.3. The molecule has 1 fully saturated rings. The normalized spacial score (nSPS) is 18.8. The predicted molar refractivity (Wildman–Crippen MR) is 128 cm³/mol. The van der Waals surface area contributed by atoms with Crippen LogP contribution in [0, 0.1) is 19.8 Å². The fourth-order valence-corrected chi connectivity index (χ4v) is 4.58. The first-order valence-corrected chi connectivity index (χ1v) is 11.6. The molecule has 0 spiro atoms. The van der Waals surface area contributed by atoms with Gasteiger partial charge in [0.1, 0.15) is 5.75 Å². The highest BCUT2D eigenvalue weighted by Gasteiger charge is 2.31. The fraction of sp³-hybridized carbons (Fsp3) is 0.500. The van der Waals surface area contributed by atoms with Gasteiger partial charge in [-0.2, -0.15) is 0 Å². The summed E-state index contributed by atoms with van der Waals surface area (Å²) in [5, 5.41) is 3.14. The number of fused-ring (bicyclic) bond motifs is 1. The van der Waals surface area contributed by atoms with Gasteiger partial charge in [0.2, 0.25) is 5.88 Å². The van der Waals surface area contributed by atoms with Crippen LogP contribution in [0.1, 0.15) is 68.5 Å². The minimum atomic E-state index is -0.637. The van der Waals surface area contributed by atoms with Gasteiger partial charge in [0.15, 0.2) is 6.10 Å². The maximum Gasteiger partial charge on any atom is 0.261 e. The molecule has 1 amide bonds. The molecule has 32 heavy (non-hydrogen) atoms. The largest absolute Gasteiger partial charge is 0.497 e. The molecule has 2 aliphatic carbocycles. The van der Waals surface area contributed by atoms with Crippen molar-refractivity contribution in [3.63, 3.8) is 0 Å². The molecule has 0 radical (unpaired) electrons. The second-order valence-corrected chi connectivity index (χ2v) is 8.80. The van der Waals surface area contributed by atoms with E-state index in [2.05, 4.69) is 30.2 Å². The minimum absolute atomic E-state index is 0. The summed E-state index contributed by atoms with van der Waals surface area (Å²) in [4.78, 5) is 22.3. The summed E-state index contributed by atoms with van der Waals surface area (Å²) in [6.45, 7) is 8.68. The van der Waals surface area contributed by atoms with Gasteiger partial charge in [-0.1, -0.05) is 6.07 Å². The van der Waals surface area contributed by atoms with Crippen molar-refractivity contribution in [2.75, 3.05) is 13.7 Å². The summed E-state index contributed by atoms with van der Waals surface area (Å²) in [7, 11) is 1.67. The van der Waals surface area contributed by atoms with Crippen LogP contribution >= 0.6 is 0 Å². The van der Waals surface area contributed by atoms with Gasteiger partial charge in [0, 0.05) is 31.2 Å². The van der Waals surface area contributed by atoms with E-state index in [1.54, 1.807) is 14.0 Å². The molecule has 0 saturated heterocycles. The summed E-state index contributed by atoms with van der Waals surface area (Å²) in [6, 6.07) is 7.96. The molecule has 172 valence electrons. The van der Waals surface area contributed by atoms with Crippen molar-refractivity contribution < 1.29 is 15.7 Å². The Kier molecular flexibility index (Phi) is 6.49. The number of nitrogens with zero attached hydrogens (tertiary/aromatic N) is 2. The monoisotopic (exact) mass is 437 g/mol. The molecule has 6 nitrogen and oxygen atoms in total. The maximum absolute atomic E-state index is 12.9. The number of ether oxygens (including phenoxy) is 2. The van der Waals surface area contributed by atoms with Crippen molar-refractivity contribution in [3.8, 4) is 11.6 Å². The molecule has 1 N–H and O–H groups in total. The molecule has 1 saturated carbocycles. The molecule has 2 aliphatic rings. The molecule has 1 aromatic heterocycles. The van der Waals surface area contributed by atoms with Gasteiger partial charge < -0.3 is 14.8 Å². The van der Waals surface area contributed by atoms with Gasteiger partial charge >= 0.3 is 0 Å². The lowest BCUT2D eigenvalue weighted by Gasteiger charge is -2.20. The van der Waals surface area contributed by atoms with E-state index < -0.39 is 6.10 Å². The van der Waals surface area contributed by atoms with Crippen LogP contribution in [0.2, 0.25) is 0 Å². The standard InChI is InChI=1S/C26H33N3O3.H2/c1-6-27-25(18-7-8-18)24-15(2)13-23(28-16(24)3)32-17(4)26(30)29-22-12-9-19-14-20(31-5)10-11-21(19)22;/h10-11,13-14,17-18,22H,6-9,12H2,1-5H3,(H,29,30);1H/t17?,22-;/m0./s1. The van der Waals surface area contributed by atoms with Crippen molar-refractivity contribution in [3.05, 3.63) is 52.2 Å². The zero-order valence-corrected chi connectivity index (χ0v) is 19.7. The molecule has 6 heteroatoms. The lowest BCUT2D eigenvalue weighted by atomic mass is 9.99. The van der Waals surface area contributed by atoms with Crippen LogP contribution in [0.5, 0.6) is 11.6 Å². The Bertz CT molecular complexity index is 1030. The second-order valence-electron chi connectivity index (χ2n) is 8.80. The summed E-state index contributed by atoms with van der Waals surface area (Å²) in [5.41, 5.74) is 6.69. The topological polar surface area (TPSA) is 72.8 Å². The molecule has 1 unspecified atom stereocenters. The first-order valence-electron chi connectivity index (χ1n) is 11.6. The van der Waals surface area contributed by atoms with Crippen molar-refractivity contribution >= 4 is 11.6 Å². The average Bonchev–Trinajstić information content (AvgIpc) is 3.53. The number of carbonyl (C=O) groups excluding carboxylic acids is 1. The molecule has 1 aromatic carbocycles. The van der Waals surface area contributed by atoms with E-state index in [4.69, 9.17) is 14.5 Å². The molecule has 2 aromatic rings. The SMILES string of the molecule is CCN=C(c1c(C)cc(OC(C)C(=O)N[C@H]2CCc3cc(OC)ccc32)nc1C)C1CC1.[HH]. The minimum Gasteiger partial charge on any atom is -0.497 e. The number of aliphatic imine (C=N–C) groups is 1. The number of aryl methyl sites for hydroxylation is 3. The van der Waals surface area contributed by atoms with Crippen LogP contribution < -0.4 is 14.8 Å². The number of benzene rings is 1. The Hall–Kier alpha value is -2.89. The molecule has 0 bridgehead atoms. The van der Waals surface area contributed by atoms with Crippen molar-refractivity contribution in [2.45, 2.75) is 65.5 Å². The van der Waals surface area contributed by atoms with Crippen LogP contribution in [0.4, 0.5) is 0 Å². The lowest BCUT2D eigenvalue weighted by molar-refractivity contribution is -0.128. The third kappa shape index (κ3) is 4.64. The zero-order valence-electron chi connectivity index (χ0n) is 19.7. The molecule has 2 atom stereocenters. The number of nitrogens with one attached hydrogen (secondary N) is 1. The Morgan fingerprint density at radius 1 is 1.28 bits per heavy atom. The zero-order chi connectivity index (χ0) is 22.8. The third-order valence-electron chi connectivity index (χ3n) is 6.33. The fourth-order valence-electron chi connectivity index (χ4n) is 4.58. The van der Waals surface area contributed by atoms with E-state index in [-0.39, 0.29) is 13.4 Å². The van der Waals surface area contributed by atoms with Gasteiger partial charge in [-0.3, -0.25) is 9.79 Å².